The first kappa shape index (κ1) is 19.4. The summed E-state index contributed by atoms with van der Waals surface area (Å²) in [4.78, 5) is 8.98. The molecule has 144 valence electrons. The predicted molar refractivity (Wildman–Crippen MR) is 113 cm³/mol. The minimum Gasteiger partial charge on any atom is -0.382 e. The van der Waals surface area contributed by atoms with E-state index < -0.39 is 0 Å². The number of pyridine rings is 1. The Kier molecular flexibility index (Phi) is 5.80. The summed E-state index contributed by atoms with van der Waals surface area (Å²) in [6.07, 6.45) is 4.99. The quantitative estimate of drug-likeness (QED) is 0.655. The second-order valence-corrected chi connectivity index (χ2v) is 8.20. The van der Waals surface area contributed by atoms with Gasteiger partial charge in [0.2, 0.25) is 0 Å². The largest absolute Gasteiger partial charge is 0.382 e. The maximum atomic E-state index is 6.05. The van der Waals surface area contributed by atoms with Crippen LogP contribution in [0.1, 0.15) is 57.5 Å². The fourth-order valence-corrected chi connectivity index (χ4v) is 3.13. The summed E-state index contributed by atoms with van der Waals surface area (Å²) >= 11 is 0. The van der Waals surface area contributed by atoms with E-state index >= 15 is 0 Å². The van der Waals surface area contributed by atoms with Crippen LogP contribution in [-0.4, -0.2) is 20.1 Å². The molecule has 2 heterocycles. The molecule has 3 rings (SSSR count). The van der Waals surface area contributed by atoms with E-state index in [1.165, 1.54) is 11.1 Å². The maximum Gasteiger partial charge on any atom is 0.151 e. The molecular weight excluding hydrogens is 334 g/mol. The normalized spacial score (nSPS) is 12.0. The van der Waals surface area contributed by atoms with Crippen molar-refractivity contribution in [3.63, 3.8) is 0 Å². The lowest BCUT2D eigenvalue weighted by molar-refractivity contribution is 0.424. The van der Waals surface area contributed by atoms with Crippen LogP contribution >= 0.6 is 0 Å². The van der Waals surface area contributed by atoms with Gasteiger partial charge < -0.3 is 15.6 Å². The Morgan fingerprint density at radius 2 is 1.78 bits per heavy atom. The third-order valence-corrected chi connectivity index (χ3v) is 4.71. The molecule has 1 aromatic carbocycles. The summed E-state index contributed by atoms with van der Waals surface area (Å²) < 4.78 is 2.28. The van der Waals surface area contributed by atoms with Crippen molar-refractivity contribution in [2.75, 3.05) is 5.73 Å². The number of nitrogens with zero attached hydrogens (tertiary/aromatic N) is 3. The molecule has 3 N–H and O–H groups in total. The lowest BCUT2D eigenvalue weighted by atomic mass is 10.1. The highest BCUT2D eigenvalue weighted by atomic mass is 15.1. The molecule has 3 aromatic rings. The van der Waals surface area contributed by atoms with Crippen LogP contribution in [0.3, 0.4) is 0 Å². The second-order valence-electron chi connectivity index (χ2n) is 8.20. The summed E-state index contributed by atoms with van der Waals surface area (Å²) in [5, 5.41) is 3.53. The Morgan fingerprint density at radius 1 is 1.07 bits per heavy atom. The highest BCUT2D eigenvalue weighted by Gasteiger charge is 2.13. The minimum atomic E-state index is 0.122. The number of aromatic nitrogens is 3. The number of benzene rings is 1. The number of hydrogen-bond acceptors (Lipinski definition) is 4. The summed E-state index contributed by atoms with van der Waals surface area (Å²) in [7, 11) is 0. The summed E-state index contributed by atoms with van der Waals surface area (Å²) in [5.74, 6) is 1.60. The number of hydrogen-bond donors (Lipinski definition) is 2. The number of unbranched alkanes of at least 4 members (excludes halogenated alkanes) is 1. The highest BCUT2D eigenvalue weighted by Crippen LogP contribution is 2.22. The Balaban J connectivity index is 1.84. The van der Waals surface area contributed by atoms with Crippen molar-refractivity contribution in [3.8, 4) is 0 Å². The first-order valence-electron chi connectivity index (χ1n) is 9.80. The van der Waals surface area contributed by atoms with E-state index in [1.807, 2.05) is 6.07 Å². The van der Waals surface area contributed by atoms with Crippen molar-refractivity contribution in [1.82, 2.24) is 19.9 Å². The number of imidazole rings is 1. The van der Waals surface area contributed by atoms with E-state index in [9.17, 15) is 0 Å². The van der Waals surface area contributed by atoms with Gasteiger partial charge in [-0.25, -0.2) is 9.97 Å². The fourth-order valence-electron chi connectivity index (χ4n) is 3.13. The lowest BCUT2D eigenvalue weighted by Gasteiger charge is -2.20. The predicted octanol–water partition coefficient (Wildman–Crippen LogP) is 4.29. The van der Waals surface area contributed by atoms with Crippen LogP contribution in [0.15, 0.2) is 36.5 Å². The molecular formula is C22H31N5. The van der Waals surface area contributed by atoms with Crippen molar-refractivity contribution in [3.05, 3.63) is 53.5 Å². The molecule has 0 aliphatic rings. The molecule has 0 aliphatic heterocycles. The zero-order valence-corrected chi connectivity index (χ0v) is 16.9. The van der Waals surface area contributed by atoms with Crippen LogP contribution in [0.4, 0.5) is 5.82 Å². The second kappa shape index (κ2) is 8.09. The number of fused-ring (bicyclic) bond motifs is 1. The summed E-state index contributed by atoms with van der Waals surface area (Å²) in [6, 6.07) is 10.8. The zero-order valence-electron chi connectivity index (χ0n) is 16.9. The highest BCUT2D eigenvalue weighted by molar-refractivity contribution is 5.85. The zero-order chi connectivity index (χ0) is 19.4. The molecule has 0 amide bonds. The van der Waals surface area contributed by atoms with E-state index in [0.717, 1.165) is 49.2 Å². The molecule has 0 unspecified atom stereocenters. The molecule has 0 bridgehead atoms. The number of rotatable bonds is 7. The van der Waals surface area contributed by atoms with Gasteiger partial charge in [0, 0.05) is 31.2 Å². The Labute approximate surface area is 162 Å². The Morgan fingerprint density at radius 3 is 2.44 bits per heavy atom. The molecule has 27 heavy (non-hydrogen) atoms. The van der Waals surface area contributed by atoms with Gasteiger partial charge >= 0.3 is 0 Å². The standard InChI is InChI=1S/C22H31N5/c1-5-6-7-19-26-20-18(12-13-24-21(20)23)27(19)15-17-10-8-16(9-11-17)14-25-22(2,3)4/h8-13,25H,5-7,14-15H2,1-4H3,(H2,23,24). The van der Waals surface area contributed by atoms with Gasteiger partial charge in [-0.3, -0.25) is 0 Å². The maximum absolute atomic E-state index is 6.05. The van der Waals surface area contributed by atoms with Crippen LogP contribution in [0.2, 0.25) is 0 Å². The van der Waals surface area contributed by atoms with Gasteiger partial charge in [-0.15, -0.1) is 0 Å². The first-order chi connectivity index (χ1) is 12.9. The topological polar surface area (TPSA) is 68.8 Å². The molecule has 0 atom stereocenters. The molecule has 0 saturated carbocycles. The van der Waals surface area contributed by atoms with Gasteiger partial charge in [-0.2, -0.15) is 0 Å². The van der Waals surface area contributed by atoms with Gasteiger partial charge in [0.1, 0.15) is 11.3 Å². The van der Waals surface area contributed by atoms with Gasteiger partial charge in [0.25, 0.3) is 0 Å². The van der Waals surface area contributed by atoms with Crippen molar-refractivity contribution < 1.29 is 0 Å². The Hall–Kier alpha value is -2.40. The molecule has 5 nitrogen and oxygen atoms in total. The van der Waals surface area contributed by atoms with Crippen molar-refractivity contribution in [2.24, 2.45) is 0 Å². The molecule has 0 spiro atoms. The van der Waals surface area contributed by atoms with Crippen LogP contribution < -0.4 is 11.1 Å². The summed E-state index contributed by atoms with van der Waals surface area (Å²) in [5.41, 5.74) is 10.6. The molecule has 2 aromatic heterocycles. The lowest BCUT2D eigenvalue weighted by Crippen LogP contribution is -2.35. The van der Waals surface area contributed by atoms with E-state index in [2.05, 4.69) is 66.8 Å². The third-order valence-electron chi connectivity index (χ3n) is 4.71. The fraction of sp³-hybridized carbons (Fsp3) is 0.455. The van der Waals surface area contributed by atoms with Crippen LogP contribution in [-0.2, 0) is 19.5 Å². The number of nitrogens with two attached hydrogens (primary N) is 1. The average Bonchev–Trinajstić information content (AvgIpc) is 2.98. The molecule has 0 saturated heterocycles. The van der Waals surface area contributed by atoms with Gasteiger partial charge in [0.15, 0.2) is 5.82 Å². The van der Waals surface area contributed by atoms with E-state index in [4.69, 9.17) is 10.7 Å². The smallest absolute Gasteiger partial charge is 0.151 e. The molecule has 0 aliphatic carbocycles. The molecule has 5 heteroatoms. The van der Waals surface area contributed by atoms with Crippen LogP contribution in [0.25, 0.3) is 11.0 Å². The average molecular weight is 366 g/mol. The van der Waals surface area contributed by atoms with Gasteiger partial charge in [-0.05, 0) is 44.4 Å². The van der Waals surface area contributed by atoms with Crippen molar-refractivity contribution in [1.29, 1.82) is 0 Å². The SMILES string of the molecule is CCCCc1nc2c(N)nccc2n1Cc1ccc(CNC(C)(C)C)cc1. The van der Waals surface area contributed by atoms with Gasteiger partial charge in [0.05, 0.1) is 5.52 Å². The molecule has 0 fully saturated rings. The van der Waals surface area contributed by atoms with Crippen LogP contribution in [0, 0.1) is 0 Å². The number of nitrogen functional groups attached to an aromatic ring is 1. The van der Waals surface area contributed by atoms with Crippen LogP contribution in [0.5, 0.6) is 0 Å². The molecule has 0 radical (unpaired) electrons. The Bertz CT molecular complexity index is 887. The number of aryl methyl sites for hydroxylation is 1. The van der Waals surface area contributed by atoms with Crippen molar-refractivity contribution in [2.45, 2.75) is 65.6 Å². The van der Waals surface area contributed by atoms with Gasteiger partial charge in [-0.1, -0.05) is 37.6 Å². The summed E-state index contributed by atoms with van der Waals surface area (Å²) in [6.45, 7) is 10.4. The van der Waals surface area contributed by atoms with E-state index in [0.29, 0.717) is 5.82 Å². The monoisotopic (exact) mass is 365 g/mol. The first-order valence-corrected chi connectivity index (χ1v) is 9.80. The van der Waals surface area contributed by atoms with Crippen molar-refractivity contribution >= 4 is 16.9 Å². The number of nitrogens with one attached hydrogen (secondary N) is 1. The third kappa shape index (κ3) is 4.86. The van der Waals surface area contributed by atoms with E-state index in [-0.39, 0.29) is 5.54 Å². The minimum absolute atomic E-state index is 0.122. The van der Waals surface area contributed by atoms with E-state index in [1.54, 1.807) is 6.20 Å². The number of anilines is 1.